The minimum Gasteiger partial charge on any atom is -0.375 e. The van der Waals surface area contributed by atoms with E-state index in [0.717, 1.165) is 51.8 Å². The molecule has 2 N–H and O–H groups in total. The molecule has 1 saturated heterocycles. The van der Waals surface area contributed by atoms with E-state index in [4.69, 9.17) is 9.73 Å². The van der Waals surface area contributed by atoms with Gasteiger partial charge in [-0.05, 0) is 54.8 Å². The molecule has 7 nitrogen and oxygen atoms in total. The molecule has 3 aliphatic heterocycles. The average molecular weight is 555 g/mol. The van der Waals surface area contributed by atoms with E-state index >= 15 is 0 Å². The number of nitrogens with one attached hydrogen (secondary N) is 2. The molecule has 1 fully saturated rings. The topological polar surface area (TPSA) is 61.6 Å². The van der Waals surface area contributed by atoms with Crippen LogP contribution in [0, 0.1) is 0 Å². The van der Waals surface area contributed by atoms with Crippen LogP contribution in [0.2, 0.25) is 0 Å². The number of fused-ring (bicyclic) bond motifs is 1. The maximum Gasteiger partial charge on any atom is 0.405 e. The van der Waals surface area contributed by atoms with Crippen molar-refractivity contribution in [3.63, 3.8) is 0 Å². The smallest absolute Gasteiger partial charge is 0.375 e. The third kappa shape index (κ3) is 7.06. The number of benzene rings is 2. The number of hydrogen-bond acceptors (Lipinski definition) is 5. The summed E-state index contributed by atoms with van der Waals surface area (Å²) in [7, 11) is 1.97. The molecule has 0 aromatic heterocycles. The van der Waals surface area contributed by atoms with Crippen LogP contribution in [0.5, 0.6) is 0 Å². The molecule has 1 atom stereocenters. The zero-order valence-electron chi connectivity index (χ0n) is 22.6. The first-order valence-corrected chi connectivity index (χ1v) is 13.7. The van der Waals surface area contributed by atoms with E-state index in [2.05, 4.69) is 40.4 Å². The number of halogens is 3. The second-order valence-electron chi connectivity index (χ2n) is 10.5. The minimum atomic E-state index is -4.46. The Kier molecular flexibility index (Phi) is 8.80. The number of quaternary nitrogens is 1. The first-order chi connectivity index (χ1) is 19.3. The van der Waals surface area contributed by atoms with Gasteiger partial charge in [0.2, 0.25) is 0 Å². The van der Waals surface area contributed by atoms with Gasteiger partial charge >= 0.3 is 6.18 Å². The minimum absolute atomic E-state index is 0.178. The van der Waals surface area contributed by atoms with Gasteiger partial charge in [-0.1, -0.05) is 42.8 Å². The van der Waals surface area contributed by atoms with Crippen molar-refractivity contribution in [2.24, 2.45) is 4.99 Å². The highest BCUT2D eigenvalue weighted by atomic mass is 19.4. The molecule has 5 rings (SSSR count). The van der Waals surface area contributed by atoms with E-state index in [9.17, 15) is 18.0 Å². The predicted molar refractivity (Wildman–Crippen MR) is 148 cm³/mol. The molecule has 0 radical (unpaired) electrons. The Morgan fingerprint density at radius 1 is 1.07 bits per heavy atom. The Balaban J connectivity index is 1.22. The third-order valence-corrected chi connectivity index (χ3v) is 7.44. The van der Waals surface area contributed by atoms with Crippen LogP contribution >= 0.6 is 0 Å². The van der Waals surface area contributed by atoms with Gasteiger partial charge in [0.05, 0.1) is 30.9 Å². The Labute approximate surface area is 232 Å². The van der Waals surface area contributed by atoms with Gasteiger partial charge in [-0.3, -0.25) is 4.79 Å². The summed E-state index contributed by atoms with van der Waals surface area (Å²) < 4.78 is 43.5. The van der Waals surface area contributed by atoms with Crippen molar-refractivity contribution >= 4 is 23.3 Å². The molecule has 3 aliphatic rings. The summed E-state index contributed by atoms with van der Waals surface area (Å²) in [4.78, 5) is 19.5. The van der Waals surface area contributed by atoms with Crippen molar-refractivity contribution in [1.82, 2.24) is 15.2 Å². The van der Waals surface area contributed by atoms with Crippen LogP contribution in [0.1, 0.15) is 46.3 Å². The Morgan fingerprint density at radius 2 is 1.85 bits per heavy atom. The molecule has 0 spiro atoms. The summed E-state index contributed by atoms with van der Waals surface area (Å²) in [5.74, 6) is 0.0447. The number of likely N-dealkylation sites (tertiary alicyclic amines) is 1. The molecule has 1 unspecified atom stereocenters. The number of hydrogen-bond donors (Lipinski definition) is 2. The molecular weight excluding hydrogens is 519 g/mol. The maximum absolute atomic E-state index is 12.5. The Morgan fingerprint density at radius 3 is 2.60 bits per heavy atom. The van der Waals surface area contributed by atoms with E-state index in [1.807, 2.05) is 24.6 Å². The van der Waals surface area contributed by atoms with Gasteiger partial charge in [0.25, 0.3) is 11.7 Å². The van der Waals surface area contributed by atoms with Crippen molar-refractivity contribution < 1.29 is 27.7 Å². The number of amides is 1. The summed E-state index contributed by atoms with van der Waals surface area (Å²) in [6.07, 6.45) is 3.38. The van der Waals surface area contributed by atoms with Gasteiger partial charge < -0.3 is 15.0 Å². The number of piperidine rings is 1. The Bertz CT molecular complexity index is 1300. The molecule has 40 heavy (non-hydrogen) atoms. The number of allylic oxidation sites excluding steroid dienone is 1. The van der Waals surface area contributed by atoms with E-state index < -0.39 is 18.6 Å². The quantitative estimate of drug-likeness (QED) is 0.466. The standard InChI is InChI=1S/C30H34F3N5O2/c1-36-19-27(24-6-5-7-25(16-24)29(39)35-21-30(31,32)33)28-34-17-26(18-38(28)36)23-10-8-22(9-11-23)20-40-15-14-37-12-3-2-4-13-37/h5-11,16-18H,2-4,12-15,19-21H2,1H3,(H,35,39)/p+1. The van der Waals surface area contributed by atoms with Crippen molar-refractivity contribution in [2.75, 3.05) is 46.4 Å². The van der Waals surface area contributed by atoms with Crippen LogP contribution in [-0.4, -0.2) is 74.6 Å². The molecule has 0 saturated carbocycles. The summed E-state index contributed by atoms with van der Waals surface area (Å²) in [5, 5.41) is 4.98. The highest BCUT2D eigenvalue weighted by Gasteiger charge is 2.35. The zero-order chi connectivity index (χ0) is 28.1. The number of ether oxygens (including phenoxy) is 1. The third-order valence-electron chi connectivity index (χ3n) is 7.44. The first-order valence-electron chi connectivity index (χ1n) is 13.7. The predicted octanol–water partition coefficient (Wildman–Crippen LogP) is 3.52. The van der Waals surface area contributed by atoms with Crippen LogP contribution < -0.4 is 10.3 Å². The van der Waals surface area contributed by atoms with Gasteiger partial charge in [-0.25, -0.2) is 4.99 Å². The zero-order valence-corrected chi connectivity index (χ0v) is 22.6. The summed E-state index contributed by atoms with van der Waals surface area (Å²) >= 11 is 0. The average Bonchev–Trinajstić information content (AvgIpc) is 3.30. The van der Waals surface area contributed by atoms with Crippen LogP contribution in [0.4, 0.5) is 13.2 Å². The summed E-state index contributed by atoms with van der Waals surface area (Å²) in [6.45, 7) is 3.88. The number of carbonyl (C=O) groups excluding carboxylic acids is 1. The summed E-state index contributed by atoms with van der Waals surface area (Å²) in [6, 6.07) is 15.0. The number of nitrogens with zero attached hydrogens (tertiary/aromatic N) is 3. The fraction of sp³-hybridized carbons (Fsp3) is 0.400. The van der Waals surface area contributed by atoms with Gasteiger partial charge in [0, 0.05) is 25.4 Å². The van der Waals surface area contributed by atoms with Crippen LogP contribution in [-0.2, 0) is 11.3 Å². The summed E-state index contributed by atoms with van der Waals surface area (Å²) in [5.41, 5.74) is 5.03. The van der Waals surface area contributed by atoms with Gasteiger partial charge in [-0.2, -0.15) is 18.2 Å². The lowest BCUT2D eigenvalue weighted by Gasteiger charge is -2.26. The largest absolute Gasteiger partial charge is 0.405 e. The second kappa shape index (κ2) is 12.5. The SMILES string of the molecule is CN1CC(c2cccc(C(=O)NCC(F)(F)F)c2)=C2N=CC(c3ccc(COCCN4CCCCC4)cc3)=C[NH+]21. The number of aliphatic imine (C=N–C) groups is 1. The molecule has 10 heteroatoms. The van der Waals surface area contributed by atoms with Gasteiger partial charge in [0.1, 0.15) is 12.7 Å². The number of likely N-dealkylation sites (N-methyl/N-ethyl adjacent to an activating group) is 1. The molecule has 1 amide bonds. The number of rotatable bonds is 9. The molecular formula is C30H35F3N5O2+. The number of carbonyl (C=O) groups is 1. The fourth-order valence-electron chi connectivity index (χ4n) is 5.25. The van der Waals surface area contributed by atoms with Crippen molar-refractivity contribution in [2.45, 2.75) is 32.0 Å². The van der Waals surface area contributed by atoms with E-state index in [-0.39, 0.29) is 5.56 Å². The molecule has 3 heterocycles. The fourth-order valence-corrected chi connectivity index (χ4v) is 5.25. The van der Waals surface area contributed by atoms with Crippen molar-refractivity contribution in [3.8, 4) is 0 Å². The molecule has 0 bridgehead atoms. The Hall–Kier alpha value is -3.31. The van der Waals surface area contributed by atoms with Gasteiger partial charge in [-0.15, -0.1) is 5.01 Å². The molecule has 2 aromatic rings. The van der Waals surface area contributed by atoms with Crippen LogP contribution in [0.15, 0.2) is 65.5 Å². The highest BCUT2D eigenvalue weighted by Crippen LogP contribution is 2.25. The maximum atomic E-state index is 12.5. The van der Waals surface area contributed by atoms with E-state index in [0.29, 0.717) is 13.2 Å². The monoisotopic (exact) mass is 554 g/mol. The van der Waals surface area contributed by atoms with E-state index in [1.54, 1.807) is 12.1 Å². The molecule has 2 aromatic carbocycles. The van der Waals surface area contributed by atoms with Crippen LogP contribution in [0.25, 0.3) is 11.1 Å². The lowest BCUT2D eigenvalue weighted by molar-refractivity contribution is -0.924. The van der Waals surface area contributed by atoms with Gasteiger partial charge in [0.15, 0.2) is 0 Å². The van der Waals surface area contributed by atoms with Crippen molar-refractivity contribution in [3.05, 3.63) is 82.8 Å². The normalized spacial score (nSPS) is 20.0. The lowest BCUT2D eigenvalue weighted by Crippen LogP contribution is -3.10. The van der Waals surface area contributed by atoms with E-state index in [1.165, 1.54) is 38.4 Å². The lowest BCUT2D eigenvalue weighted by atomic mass is 10.0. The van der Waals surface area contributed by atoms with Crippen molar-refractivity contribution in [1.29, 1.82) is 0 Å². The number of alkyl halides is 3. The molecule has 212 valence electrons. The first kappa shape index (κ1) is 28.2. The highest BCUT2D eigenvalue weighted by molar-refractivity contribution is 6.10. The molecule has 0 aliphatic carbocycles. The van der Waals surface area contributed by atoms with Crippen LogP contribution in [0.3, 0.4) is 0 Å². The second-order valence-corrected chi connectivity index (χ2v) is 10.5.